The first kappa shape index (κ1) is 34.2. The molecule has 8 rings (SSSR count). The number of para-hydroxylation sites is 4. The molecule has 0 bridgehead atoms. The van der Waals surface area contributed by atoms with Crippen LogP contribution in [0.5, 0.6) is 0 Å². The first-order valence-electron chi connectivity index (χ1n) is 18.6. The molecule has 260 valence electrons. The number of rotatable bonds is 11. The van der Waals surface area contributed by atoms with Crippen molar-refractivity contribution in [3.05, 3.63) is 241 Å². The Bertz CT molecular complexity index is 2280. The summed E-state index contributed by atoms with van der Waals surface area (Å²) in [4.78, 5) is 4.57. The Morgan fingerprint density at radius 3 is 1.09 bits per heavy atom. The number of benzene rings is 7. The summed E-state index contributed by atoms with van der Waals surface area (Å²) in [5, 5.41) is 0. The standard InChI is InChI=1S/C52H42N2/c1-5-13-47(14-6-1)53(48-15-7-2-8-16-48)51-37-29-43(30-38-51)23-21-41-25-33-45(34-26-41)46-35-27-42(28-36-46)22-24-44-31-39-52(40-32-44)54(49-17-9-3-10-18-49)50-19-11-4-12-20-50/h1-27,29-40,42H,28H2/b23-21+,24-22+. The van der Waals surface area contributed by atoms with Gasteiger partial charge >= 0.3 is 0 Å². The molecule has 0 N–H and O–H groups in total. The van der Waals surface area contributed by atoms with Gasteiger partial charge in [-0.05, 0) is 113 Å². The Balaban J connectivity index is 0.878. The van der Waals surface area contributed by atoms with Gasteiger partial charge < -0.3 is 9.80 Å². The third-order valence-electron chi connectivity index (χ3n) is 9.74. The van der Waals surface area contributed by atoms with E-state index in [1.165, 1.54) is 27.8 Å². The van der Waals surface area contributed by atoms with Gasteiger partial charge in [0.2, 0.25) is 0 Å². The smallest absolute Gasteiger partial charge is 0.0462 e. The van der Waals surface area contributed by atoms with E-state index < -0.39 is 0 Å². The lowest BCUT2D eigenvalue weighted by Crippen LogP contribution is -2.09. The molecule has 0 aromatic heterocycles. The Kier molecular flexibility index (Phi) is 10.5. The first-order chi connectivity index (χ1) is 26.8. The van der Waals surface area contributed by atoms with Crippen molar-refractivity contribution in [2.45, 2.75) is 6.42 Å². The molecular formula is C52H42N2. The molecule has 0 saturated heterocycles. The minimum atomic E-state index is 0.375. The van der Waals surface area contributed by atoms with Crippen molar-refractivity contribution in [1.82, 2.24) is 0 Å². The van der Waals surface area contributed by atoms with Crippen LogP contribution in [0.15, 0.2) is 218 Å². The molecule has 54 heavy (non-hydrogen) atoms. The molecule has 0 spiro atoms. The molecule has 2 heteroatoms. The molecule has 0 saturated carbocycles. The van der Waals surface area contributed by atoms with Gasteiger partial charge in [0, 0.05) is 34.1 Å². The van der Waals surface area contributed by atoms with Gasteiger partial charge in [-0.25, -0.2) is 0 Å². The van der Waals surface area contributed by atoms with Crippen molar-refractivity contribution < 1.29 is 0 Å². The SMILES string of the molecule is C1=CC(/C=C/c2ccc(N(c3ccccc3)c3ccccc3)cc2)CC=C1c1ccc(/C=C/c2ccc(N(c3ccccc3)c3ccccc3)cc2)cc1. The summed E-state index contributed by atoms with van der Waals surface area (Å²) in [7, 11) is 0. The highest BCUT2D eigenvalue weighted by molar-refractivity contribution is 5.80. The fourth-order valence-electron chi connectivity index (χ4n) is 6.88. The van der Waals surface area contributed by atoms with Crippen LogP contribution in [0.25, 0.3) is 23.8 Å². The van der Waals surface area contributed by atoms with Gasteiger partial charge in [-0.3, -0.25) is 0 Å². The third kappa shape index (κ3) is 8.25. The van der Waals surface area contributed by atoms with E-state index in [9.17, 15) is 0 Å². The van der Waals surface area contributed by atoms with Gasteiger partial charge in [-0.1, -0.05) is 164 Å². The largest absolute Gasteiger partial charge is 0.311 e. The van der Waals surface area contributed by atoms with Gasteiger partial charge in [0.05, 0.1) is 0 Å². The van der Waals surface area contributed by atoms with Crippen LogP contribution in [0, 0.1) is 5.92 Å². The fourth-order valence-corrected chi connectivity index (χ4v) is 6.88. The van der Waals surface area contributed by atoms with Crippen LogP contribution >= 0.6 is 0 Å². The maximum atomic E-state index is 2.36. The zero-order chi connectivity index (χ0) is 36.4. The fraction of sp³-hybridized carbons (Fsp3) is 0.0385. The second-order valence-corrected chi connectivity index (χ2v) is 13.4. The minimum absolute atomic E-state index is 0.375. The third-order valence-corrected chi connectivity index (χ3v) is 9.74. The van der Waals surface area contributed by atoms with E-state index in [2.05, 4.69) is 246 Å². The number of nitrogens with zero attached hydrogens (tertiary/aromatic N) is 2. The maximum absolute atomic E-state index is 2.36. The van der Waals surface area contributed by atoms with Crippen LogP contribution in [0.3, 0.4) is 0 Å². The second-order valence-electron chi connectivity index (χ2n) is 13.4. The van der Waals surface area contributed by atoms with Crippen molar-refractivity contribution in [3.63, 3.8) is 0 Å². The zero-order valence-electron chi connectivity index (χ0n) is 30.2. The summed E-state index contributed by atoms with van der Waals surface area (Å²) in [6.45, 7) is 0. The van der Waals surface area contributed by atoms with Gasteiger partial charge in [-0.15, -0.1) is 0 Å². The lowest BCUT2D eigenvalue weighted by Gasteiger charge is -2.25. The minimum Gasteiger partial charge on any atom is -0.311 e. The highest BCUT2D eigenvalue weighted by Gasteiger charge is 2.13. The van der Waals surface area contributed by atoms with E-state index in [0.29, 0.717) is 5.92 Å². The van der Waals surface area contributed by atoms with Crippen molar-refractivity contribution in [2.75, 3.05) is 9.80 Å². The number of hydrogen-bond donors (Lipinski definition) is 0. The topological polar surface area (TPSA) is 6.48 Å². The summed E-state index contributed by atoms with van der Waals surface area (Å²) in [5.41, 5.74) is 12.9. The van der Waals surface area contributed by atoms with E-state index in [1.807, 2.05) is 0 Å². The quantitative estimate of drug-likeness (QED) is 0.124. The summed E-state index contributed by atoms with van der Waals surface area (Å²) >= 11 is 0. The number of hydrogen-bond acceptors (Lipinski definition) is 2. The molecule has 2 nitrogen and oxygen atoms in total. The first-order valence-corrected chi connectivity index (χ1v) is 18.6. The number of allylic oxidation sites excluding steroid dienone is 5. The molecule has 0 heterocycles. The summed E-state index contributed by atoms with van der Waals surface area (Å²) in [5.74, 6) is 0.375. The highest BCUT2D eigenvalue weighted by Crippen LogP contribution is 2.36. The molecule has 1 aliphatic rings. The summed E-state index contributed by atoms with van der Waals surface area (Å²) in [6, 6.07) is 68.5. The molecule has 7 aromatic rings. The number of anilines is 6. The Hall–Kier alpha value is -6.90. The Morgan fingerprint density at radius 1 is 0.370 bits per heavy atom. The average molecular weight is 695 g/mol. The van der Waals surface area contributed by atoms with E-state index >= 15 is 0 Å². The molecule has 0 fully saturated rings. The van der Waals surface area contributed by atoms with Crippen LogP contribution in [-0.4, -0.2) is 0 Å². The molecular weight excluding hydrogens is 653 g/mol. The van der Waals surface area contributed by atoms with Crippen molar-refractivity contribution in [3.8, 4) is 0 Å². The Labute approximate surface area is 319 Å². The van der Waals surface area contributed by atoms with Crippen molar-refractivity contribution >= 4 is 57.9 Å². The molecule has 1 atom stereocenters. The Morgan fingerprint density at radius 2 is 0.722 bits per heavy atom. The zero-order valence-corrected chi connectivity index (χ0v) is 30.2. The lowest BCUT2D eigenvalue weighted by atomic mass is 9.92. The van der Waals surface area contributed by atoms with Crippen LogP contribution in [0.2, 0.25) is 0 Å². The maximum Gasteiger partial charge on any atom is 0.0462 e. The van der Waals surface area contributed by atoms with Crippen LogP contribution in [0.4, 0.5) is 34.1 Å². The molecule has 1 unspecified atom stereocenters. The van der Waals surface area contributed by atoms with Gasteiger partial charge in [0.15, 0.2) is 0 Å². The highest BCUT2D eigenvalue weighted by atomic mass is 15.1. The van der Waals surface area contributed by atoms with E-state index in [0.717, 1.165) is 40.5 Å². The molecule has 1 aliphatic carbocycles. The van der Waals surface area contributed by atoms with Gasteiger partial charge in [0.1, 0.15) is 0 Å². The van der Waals surface area contributed by atoms with Crippen molar-refractivity contribution in [1.29, 1.82) is 0 Å². The monoisotopic (exact) mass is 694 g/mol. The van der Waals surface area contributed by atoms with Gasteiger partial charge in [0.25, 0.3) is 0 Å². The average Bonchev–Trinajstić information content (AvgIpc) is 3.25. The molecule has 0 radical (unpaired) electrons. The van der Waals surface area contributed by atoms with E-state index in [-0.39, 0.29) is 0 Å². The van der Waals surface area contributed by atoms with Crippen LogP contribution < -0.4 is 9.80 Å². The lowest BCUT2D eigenvalue weighted by molar-refractivity contribution is 0.829. The molecule has 0 aliphatic heterocycles. The predicted molar refractivity (Wildman–Crippen MR) is 232 cm³/mol. The predicted octanol–water partition coefficient (Wildman–Crippen LogP) is 14.5. The normalized spacial score (nSPS) is 13.9. The van der Waals surface area contributed by atoms with E-state index in [4.69, 9.17) is 0 Å². The molecule has 7 aromatic carbocycles. The summed E-state index contributed by atoms with van der Waals surface area (Å²) in [6.07, 6.45) is 16.8. The van der Waals surface area contributed by atoms with Gasteiger partial charge in [-0.2, -0.15) is 0 Å². The van der Waals surface area contributed by atoms with Crippen molar-refractivity contribution in [2.24, 2.45) is 5.92 Å². The summed E-state index contributed by atoms with van der Waals surface area (Å²) < 4.78 is 0. The van der Waals surface area contributed by atoms with Crippen LogP contribution in [0.1, 0.15) is 28.7 Å². The second kappa shape index (κ2) is 16.6. The van der Waals surface area contributed by atoms with E-state index in [1.54, 1.807) is 0 Å². The van der Waals surface area contributed by atoms with Crippen LogP contribution in [-0.2, 0) is 0 Å². The molecule has 0 amide bonds.